The van der Waals surface area contributed by atoms with Crippen LogP contribution in [0.2, 0.25) is 0 Å². The molecule has 2 aromatic heterocycles. The van der Waals surface area contributed by atoms with E-state index in [0.717, 1.165) is 17.1 Å². The molecule has 0 spiro atoms. The van der Waals surface area contributed by atoms with E-state index >= 15 is 0 Å². The molecule has 0 amide bonds. The number of halogens is 1. The van der Waals surface area contributed by atoms with Gasteiger partial charge >= 0.3 is 0 Å². The van der Waals surface area contributed by atoms with Crippen molar-refractivity contribution in [3.05, 3.63) is 66.0 Å². The SMILES string of the molecule is CC(Nc1ccc2nnc(-c3ccccc3F)n2n1)c1ccc2c(c1)OCCO2. The van der Waals surface area contributed by atoms with Crippen LogP contribution < -0.4 is 14.8 Å². The molecule has 0 radical (unpaired) electrons. The Morgan fingerprint density at radius 2 is 1.83 bits per heavy atom. The maximum absolute atomic E-state index is 14.2. The fraction of sp³-hybridized carbons (Fsp3) is 0.190. The molecular weight excluding hydrogens is 373 g/mol. The lowest BCUT2D eigenvalue weighted by molar-refractivity contribution is 0.171. The second-order valence-corrected chi connectivity index (χ2v) is 6.76. The molecule has 1 N–H and O–H groups in total. The van der Waals surface area contributed by atoms with Gasteiger partial charge in [-0.05, 0) is 48.9 Å². The smallest absolute Gasteiger partial charge is 0.188 e. The van der Waals surface area contributed by atoms with Crippen LogP contribution in [-0.2, 0) is 0 Å². The molecule has 3 heterocycles. The molecule has 146 valence electrons. The van der Waals surface area contributed by atoms with E-state index in [-0.39, 0.29) is 11.9 Å². The Bertz CT molecular complexity index is 1190. The monoisotopic (exact) mass is 391 g/mol. The largest absolute Gasteiger partial charge is 0.486 e. The summed E-state index contributed by atoms with van der Waals surface area (Å²) in [5.41, 5.74) is 1.93. The molecule has 1 aliphatic rings. The van der Waals surface area contributed by atoms with Gasteiger partial charge in [-0.2, -0.15) is 4.52 Å². The van der Waals surface area contributed by atoms with Gasteiger partial charge in [0.2, 0.25) is 0 Å². The molecule has 0 fully saturated rings. The average molecular weight is 391 g/mol. The Balaban J connectivity index is 1.45. The van der Waals surface area contributed by atoms with Crippen molar-refractivity contribution in [3.8, 4) is 22.9 Å². The molecule has 1 unspecified atom stereocenters. The van der Waals surface area contributed by atoms with Gasteiger partial charge in [-0.3, -0.25) is 0 Å². The minimum atomic E-state index is -0.369. The van der Waals surface area contributed by atoms with Gasteiger partial charge in [0.1, 0.15) is 24.8 Å². The Labute approximate surface area is 166 Å². The van der Waals surface area contributed by atoms with E-state index < -0.39 is 0 Å². The van der Waals surface area contributed by atoms with E-state index in [1.165, 1.54) is 10.6 Å². The Kier molecular flexibility index (Phi) is 4.23. The molecule has 5 rings (SSSR count). The summed E-state index contributed by atoms with van der Waals surface area (Å²) in [5.74, 6) is 2.11. The molecule has 7 nitrogen and oxygen atoms in total. The van der Waals surface area contributed by atoms with Gasteiger partial charge in [0.15, 0.2) is 23.0 Å². The number of hydrogen-bond acceptors (Lipinski definition) is 6. The van der Waals surface area contributed by atoms with Gasteiger partial charge in [0.05, 0.1) is 11.6 Å². The van der Waals surface area contributed by atoms with Gasteiger partial charge < -0.3 is 14.8 Å². The molecule has 0 saturated heterocycles. The molecule has 1 aliphatic heterocycles. The maximum Gasteiger partial charge on any atom is 0.188 e. The number of benzene rings is 2. The highest BCUT2D eigenvalue weighted by Gasteiger charge is 2.16. The predicted octanol–water partition coefficient (Wildman–Crippen LogP) is 3.87. The van der Waals surface area contributed by atoms with Crippen molar-refractivity contribution in [3.63, 3.8) is 0 Å². The van der Waals surface area contributed by atoms with E-state index in [2.05, 4.69) is 20.6 Å². The molecule has 1 atom stereocenters. The summed E-state index contributed by atoms with van der Waals surface area (Å²) in [5, 5.41) is 16.1. The van der Waals surface area contributed by atoms with E-state index in [9.17, 15) is 4.39 Å². The second kappa shape index (κ2) is 7.05. The van der Waals surface area contributed by atoms with Crippen molar-refractivity contribution in [2.75, 3.05) is 18.5 Å². The standard InChI is InChI=1S/C21H18FN5O2/c1-13(14-6-7-17-18(12-14)29-11-10-28-17)23-19-8-9-20-24-25-21(27(20)26-19)15-4-2-3-5-16(15)22/h2-9,12-13H,10-11H2,1H3,(H,23,26). The summed E-state index contributed by atoms with van der Waals surface area (Å²) in [7, 11) is 0. The van der Waals surface area contributed by atoms with Crippen LogP contribution in [0.5, 0.6) is 11.5 Å². The lowest BCUT2D eigenvalue weighted by Gasteiger charge is -2.21. The maximum atomic E-state index is 14.2. The van der Waals surface area contributed by atoms with Crippen LogP contribution in [0.15, 0.2) is 54.6 Å². The van der Waals surface area contributed by atoms with Crippen molar-refractivity contribution in [1.29, 1.82) is 0 Å². The lowest BCUT2D eigenvalue weighted by atomic mass is 10.1. The Morgan fingerprint density at radius 1 is 1.00 bits per heavy atom. The normalized spacial score (nSPS) is 14.0. The summed E-state index contributed by atoms with van der Waals surface area (Å²) in [6.07, 6.45) is 0. The molecule has 4 aromatic rings. The number of aromatic nitrogens is 4. The Morgan fingerprint density at radius 3 is 2.69 bits per heavy atom. The highest BCUT2D eigenvalue weighted by atomic mass is 19.1. The Hall–Kier alpha value is -3.68. The van der Waals surface area contributed by atoms with Crippen LogP contribution in [0.25, 0.3) is 17.0 Å². The summed E-state index contributed by atoms with van der Waals surface area (Å²) >= 11 is 0. The van der Waals surface area contributed by atoms with Crippen LogP contribution in [0.3, 0.4) is 0 Å². The first kappa shape index (κ1) is 17.4. The topological polar surface area (TPSA) is 73.6 Å². The average Bonchev–Trinajstić information content (AvgIpc) is 3.17. The quantitative estimate of drug-likeness (QED) is 0.569. The number of nitrogens with zero attached hydrogens (tertiary/aromatic N) is 4. The van der Waals surface area contributed by atoms with Crippen molar-refractivity contribution in [2.24, 2.45) is 0 Å². The number of nitrogens with one attached hydrogen (secondary N) is 1. The van der Waals surface area contributed by atoms with Crippen LogP contribution in [-0.4, -0.2) is 33.0 Å². The molecular formula is C21H18FN5O2. The van der Waals surface area contributed by atoms with E-state index in [0.29, 0.717) is 36.1 Å². The third kappa shape index (κ3) is 3.22. The zero-order valence-electron chi connectivity index (χ0n) is 15.7. The van der Waals surface area contributed by atoms with Crippen LogP contribution >= 0.6 is 0 Å². The predicted molar refractivity (Wildman–Crippen MR) is 106 cm³/mol. The van der Waals surface area contributed by atoms with Crippen molar-refractivity contribution < 1.29 is 13.9 Å². The van der Waals surface area contributed by atoms with Gasteiger partial charge in [-0.25, -0.2) is 4.39 Å². The minimum absolute atomic E-state index is 0.0378. The number of hydrogen-bond donors (Lipinski definition) is 1. The molecule has 8 heteroatoms. The van der Waals surface area contributed by atoms with Crippen LogP contribution in [0, 0.1) is 5.82 Å². The second-order valence-electron chi connectivity index (χ2n) is 6.76. The van der Waals surface area contributed by atoms with E-state index in [4.69, 9.17) is 9.47 Å². The zero-order valence-corrected chi connectivity index (χ0v) is 15.7. The molecule has 29 heavy (non-hydrogen) atoms. The fourth-order valence-corrected chi connectivity index (χ4v) is 3.31. The first-order valence-corrected chi connectivity index (χ1v) is 9.32. The van der Waals surface area contributed by atoms with Gasteiger partial charge in [0.25, 0.3) is 0 Å². The summed E-state index contributed by atoms with van der Waals surface area (Å²) in [6.45, 7) is 3.14. The van der Waals surface area contributed by atoms with Crippen LogP contribution in [0.4, 0.5) is 10.2 Å². The van der Waals surface area contributed by atoms with Gasteiger partial charge in [0, 0.05) is 0 Å². The third-order valence-electron chi connectivity index (χ3n) is 4.81. The highest BCUT2D eigenvalue weighted by Crippen LogP contribution is 2.33. The zero-order chi connectivity index (χ0) is 19.8. The molecule has 0 bridgehead atoms. The fourth-order valence-electron chi connectivity index (χ4n) is 3.31. The van der Waals surface area contributed by atoms with Gasteiger partial charge in [-0.15, -0.1) is 15.3 Å². The first-order chi connectivity index (χ1) is 14.2. The summed E-state index contributed by atoms with van der Waals surface area (Å²) in [4.78, 5) is 0. The molecule has 2 aromatic carbocycles. The van der Waals surface area contributed by atoms with E-state index in [1.807, 2.05) is 31.2 Å². The van der Waals surface area contributed by atoms with Crippen molar-refractivity contribution in [1.82, 2.24) is 19.8 Å². The number of rotatable bonds is 4. The number of anilines is 1. The van der Waals surface area contributed by atoms with Gasteiger partial charge in [-0.1, -0.05) is 18.2 Å². The first-order valence-electron chi connectivity index (χ1n) is 9.32. The number of ether oxygens (including phenoxy) is 2. The summed E-state index contributed by atoms with van der Waals surface area (Å²) < 4.78 is 27.0. The molecule has 0 saturated carbocycles. The summed E-state index contributed by atoms with van der Waals surface area (Å²) in [6, 6.07) is 15.9. The third-order valence-corrected chi connectivity index (χ3v) is 4.81. The van der Waals surface area contributed by atoms with Crippen molar-refractivity contribution >= 4 is 11.5 Å². The minimum Gasteiger partial charge on any atom is -0.486 e. The van der Waals surface area contributed by atoms with Crippen LogP contribution in [0.1, 0.15) is 18.5 Å². The highest BCUT2D eigenvalue weighted by molar-refractivity contribution is 5.60. The molecule has 0 aliphatic carbocycles. The lowest BCUT2D eigenvalue weighted by Crippen LogP contribution is -2.16. The number of fused-ring (bicyclic) bond motifs is 2. The van der Waals surface area contributed by atoms with Crippen molar-refractivity contribution in [2.45, 2.75) is 13.0 Å². The van der Waals surface area contributed by atoms with E-state index in [1.54, 1.807) is 24.3 Å².